The van der Waals surface area contributed by atoms with Gasteiger partial charge in [-0.2, -0.15) is 0 Å². The number of benzene rings is 1. The van der Waals surface area contributed by atoms with Crippen molar-refractivity contribution in [1.29, 1.82) is 0 Å². The van der Waals surface area contributed by atoms with E-state index in [2.05, 4.69) is 22.0 Å². The maximum atomic E-state index is 5.95. The second-order valence-electron chi connectivity index (χ2n) is 3.54. The van der Waals surface area contributed by atoms with Gasteiger partial charge in [-0.25, -0.2) is 0 Å². The zero-order valence-corrected chi connectivity index (χ0v) is 9.48. The van der Waals surface area contributed by atoms with Crippen molar-refractivity contribution in [1.82, 2.24) is 0 Å². The lowest BCUT2D eigenvalue weighted by atomic mass is 10.1. The standard InChI is InChI=1S/C10H11BrClN/c11-8-1-6(2-9(12)4-8)10-3-7(10)5-13/h1-2,4,7,10H,3,5,13H2/t7-,10-/m0/s1. The van der Waals surface area contributed by atoms with Crippen LogP contribution >= 0.6 is 27.5 Å². The quantitative estimate of drug-likeness (QED) is 0.868. The van der Waals surface area contributed by atoms with Crippen molar-refractivity contribution in [3.05, 3.63) is 33.3 Å². The van der Waals surface area contributed by atoms with E-state index in [-0.39, 0.29) is 0 Å². The van der Waals surface area contributed by atoms with Crippen molar-refractivity contribution in [2.24, 2.45) is 11.7 Å². The molecule has 0 saturated heterocycles. The van der Waals surface area contributed by atoms with Gasteiger partial charge in [0.1, 0.15) is 0 Å². The molecule has 2 rings (SSSR count). The maximum Gasteiger partial charge on any atom is 0.0420 e. The third kappa shape index (κ3) is 2.06. The van der Waals surface area contributed by atoms with Crippen LogP contribution in [0.3, 0.4) is 0 Å². The average molecular weight is 261 g/mol. The first-order valence-corrected chi connectivity index (χ1v) is 5.54. The fourth-order valence-corrected chi connectivity index (χ4v) is 2.59. The van der Waals surface area contributed by atoms with Gasteiger partial charge in [-0.3, -0.25) is 0 Å². The highest BCUT2D eigenvalue weighted by molar-refractivity contribution is 9.10. The van der Waals surface area contributed by atoms with E-state index in [4.69, 9.17) is 17.3 Å². The van der Waals surface area contributed by atoms with Crippen molar-refractivity contribution in [2.45, 2.75) is 12.3 Å². The van der Waals surface area contributed by atoms with Crippen molar-refractivity contribution in [3.8, 4) is 0 Å². The monoisotopic (exact) mass is 259 g/mol. The van der Waals surface area contributed by atoms with Gasteiger partial charge in [-0.15, -0.1) is 0 Å². The first-order valence-electron chi connectivity index (χ1n) is 4.37. The largest absolute Gasteiger partial charge is 0.330 e. The van der Waals surface area contributed by atoms with Gasteiger partial charge in [0.2, 0.25) is 0 Å². The lowest BCUT2D eigenvalue weighted by Crippen LogP contribution is -2.01. The molecule has 0 radical (unpaired) electrons. The van der Waals surface area contributed by atoms with Crippen LogP contribution in [-0.2, 0) is 0 Å². The normalized spacial score (nSPS) is 26.1. The van der Waals surface area contributed by atoms with Crippen molar-refractivity contribution < 1.29 is 0 Å². The molecule has 70 valence electrons. The summed E-state index contributed by atoms with van der Waals surface area (Å²) < 4.78 is 1.05. The SMILES string of the molecule is NC[C@@H]1C[C@H]1c1cc(Cl)cc(Br)c1. The third-order valence-electron chi connectivity index (χ3n) is 2.54. The molecular formula is C10H11BrClN. The summed E-state index contributed by atoms with van der Waals surface area (Å²) >= 11 is 9.39. The van der Waals surface area contributed by atoms with E-state index in [1.165, 1.54) is 12.0 Å². The second-order valence-corrected chi connectivity index (χ2v) is 4.89. The number of hydrogen-bond donors (Lipinski definition) is 1. The molecule has 0 aromatic heterocycles. The highest BCUT2D eigenvalue weighted by Gasteiger charge is 2.36. The Morgan fingerprint density at radius 3 is 2.77 bits per heavy atom. The summed E-state index contributed by atoms with van der Waals surface area (Å²) in [5.74, 6) is 1.31. The third-order valence-corrected chi connectivity index (χ3v) is 3.21. The van der Waals surface area contributed by atoms with Crippen LogP contribution in [0.4, 0.5) is 0 Å². The first kappa shape index (κ1) is 9.50. The van der Waals surface area contributed by atoms with Gasteiger partial charge in [-0.05, 0) is 48.6 Å². The molecule has 0 unspecified atom stereocenters. The zero-order valence-electron chi connectivity index (χ0n) is 7.13. The van der Waals surface area contributed by atoms with E-state index in [0.717, 1.165) is 16.0 Å². The summed E-state index contributed by atoms with van der Waals surface area (Å²) in [5.41, 5.74) is 6.91. The Bertz CT molecular complexity index is 306. The molecule has 0 bridgehead atoms. The van der Waals surface area contributed by atoms with Gasteiger partial charge in [0, 0.05) is 9.50 Å². The maximum absolute atomic E-state index is 5.95. The predicted molar refractivity (Wildman–Crippen MR) is 59.1 cm³/mol. The van der Waals surface area contributed by atoms with Crippen LogP contribution < -0.4 is 5.73 Å². The molecule has 1 aromatic rings. The van der Waals surface area contributed by atoms with Crippen LogP contribution in [0.2, 0.25) is 5.02 Å². The van der Waals surface area contributed by atoms with Crippen LogP contribution in [0, 0.1) is 5.92 Å². The topological polar surface area (TPSA) is 26.0 Å². The van der Waals surface area contributed by atoms with Crippen LogP contribution in [-0.4, -0.2) is 6.54 Å². The number of hydrogen-bond acceptors (Lipinski definition) is 1. The van der Waals surface area contributed by atoms with E-state index >= 15 is 0 Å². The predicted octanol–water partition coefficient (Wildman–Crippen LogP) is 3.16. The summed E-state index contributed by atoms with van der Waals surface area (Å²) in [6.07, 6.45) is 1.21. The van der Waals surface area contributed by atoms with Crippen LogP contribution in [0.1, 0.15) is 17.9 Å². The fraction of sp³-hybridized carbons (Fsp3) is 0.400. The van der Waals surface area contributed by atoms with E-state index in [1.807, 2.05) is 12.1 Å². The molecule has 1 aromatic carbocycles. The van der Waals surface area contributed by atoms with Crippen molar-refractivity contribution >= 4 is 27.5 Å². The Labute approximate surface area is 91.4 Å². The number of nitrogens with two attached hydrogens (primary N) is 1. The summed E-state index contributed by atoms with van der Waals surface area (Å²) in [5, 5.41) is 0.798. The smallest absolute Gasteiger partial charge is 0.0420 e. The molecule has 2 atom stereocenters. The van der Waals surface area contributed by atoms with E-state index in [1.54, 1.807) is 0 Å². The van der Waals surface area contributed by atoms with Gasteiger partial charge in [0.15, 0.2) is 0 Å². The molecule has 3 heteroatoms. The van der Waals surface area contributed by atoms with Gasteiger partial charge in [-0.1, -0.05) is 27.5 Å². The lowest BCUT2D eigenvalue weighted by Gasteiger charge is -2.01. The molecule has 2 N–H and O–H groups in total. The Morgan fingerprint density at radius 2 is 2.23 bits per heavy atom. The molecular weight excluding hydrogens is 249 g/mol. The minimum absolute atomic E-state index is 0.639. The second kappa shape index (κ2) is 3.60. The van der Waals surface area contributed by atoms with Gasteiger partial charge >= 0.3 is 0 Å². The van der Waals surface area contributed by atoms with Crippen LogP contribution in [0.25, 0.3) is 0 Å². The van der Waals surface area contributed by atoms with Gasteiger partial charge < -0.3 is 5.73 Å². The molecule has 1 saturated carbocycles. The summed E-state index contributed by atoms with van der Waals surface area (Å²) in [6, 6.07) is 6.07. The molecule has 0 spiro atoms. The van der Waals surface area contributed by atoms with Crippen molar-refractivity contribution in [3.63, 3.8) is 0 Å². The van der Waals surface area contributed by atoms with E-state index in [0.29, 0.717) is 11.8 Å². The van der Waals surface area contributed by atoms with Crippen molar-refractivity contribution in [2.75, 3.05) is 6.54 Å². The molecule has 0 aliphatic heterocycles. The Balaban J connectivity index is 2.22. The number of halogens is 2. The number of rotatable bonds is 2. The van der Waals surface area contributed by atoms with E-state index in [9.17, 15) is 0 Å². The zero-order chi connectivity index (χ0) is 9.42. The van der Waals surface area contributed by atoms with Crippen LogP contribution in [0.5, 0.6) is 0 Å². The molecule has 1 nitrogen and oxygen atoms in total. The molecule has 13 heavy (non-hydrogen) atoms. The van der Waals surface area contributed by atoms with E-state index < -0.39 is 0 Å². The average Bonchev–Trinajstić information content (AvgIpc) is 2.80. The van der Waals surface area contributed by atoms with Gasteiger partial charge in [0.05, 0.1) is 0 Å². The van der Waals surface area contributed by atoms with Crippen LogP contribution in [0.15, 0.2) is 22.7 Å². The minimum atomic E-state index is 0.639. The molecule has 0 amide bonds. The minimum Gasteiger partial charge on any atom is -0.330 e. The van der Waals surface area contributed by atoms with Gasteiger partial charge in [0.25, 0.3) is 0 Å². The Morgan fingerprint density at radius 1 is 1.46 bits per heavy atom. The lowest BCUT2D eigenvalue weighted by molar-refractivity contribution is 0.809. The summed E-state index contributed by atoms with van der Waals surface area (Å²) in [6.45, 7) is 0.787. The summed E-state index contributed by atoms with van der Waals surface area (Å²) in [4.78, 5) is 0. The fourth-order valence-electron chi connectivity index (χ4n) is 1.71. The first-order chi connectivity index (χ1) is 6.20. The molecule has 1 aliphatic carbocycles. The Hall–Kier alpha value is -0.0500. The highest BCUT2D eigenvalue weighted by atomic mass is 79.9. The molecule has 0 heterocycles. The Kier molecular flexibility index (Phi) is 2.63. The molecule has 1 aliphatic rings. The summed E-state index contributed by atoms with van der Waals surface area (Å²) in [7, 11) is 0. The molecule has 1 fully saturated rings. The highest BCUT2D eigenvalue weighted by Crippen LogP contribution is 2.47.